The van der Waals surface area contributed by atoms with Crippen LogP contribution in [-0.2, 0) is 16.0 Å². The Bertz CT molecular complexity index is 488. The summed E-state index contributed by atoms with van der Waals surface area (Å²) < 4.78 is 5.53. The molecule has 5 heteroatoms. The van der Waals surface area contributed by atoms with Gasteiger partial charge in [0.25, 0.3) is 5.91 Å². The molecular formula is C15H20N2O3. The zero-order chi connectivity index (χ0) is 14.4. The predicted molar refractivity (Wildman–Crippen MR) is 75.5 cm³/mol. The van der Waals surface area contributed by atoms with Gasteiger partial charge in [-0.3, -0.25) is 9.59 Å². The number of nitrogens with one attached hydrogen (secondary N) is 1. The summed E-state index contributed by atoms with van der Waals surface area (Å²) in [7, 11) is 0. The number of hydrogen-bond acceptors (Lipinski definition) is 3. The third-order valence-electron chi connectivity index (χ3n) is 3.33. The summed E-state index contributed by atoms with van der Waals surface area (Å²) in [5.74, 6) is 0.627. The third-order valence-corrected chi connectivity index (χ3v) is 3.33. The van der Waals surface area contributed by atoms with Crippen molar-refractivity contribution in [2.24, 2.45) is 0 Å². The molecule has 0 aromatic heterocycles. The molecule has 0 bridgehead atoms. The Kier molecular flexibility index (Phi) is 4.98. The first kappa shape index (κ1) is 14.4. The highest BCUT2D eigenvalue weighted by atomic mass is 16.5. The van der Waals surface area contributed by atoms with E-state index in [0.29, 0.717) is 31.8 Å². The molecule has 20 heavy (non-hydrogen) atoms. The molecule has 0 aliphatic carbocycles. The van der Waals surface area contributed by atoms with Crippen LogP contribution < -0.4 is 10.1 Å². The second-order valence-electron chi connectivity index (χ2n) is 4.77. The second-order valence-corrected chi connectivity index (χ2v) is 4.77. The smallest absolute Gasteiger partial charge is 0.260 e. The van der Waals surface area contributed by atoms with Gasteiger partial charge in [-0.1, -0.05) is 19.1 Å². The van der Waals surface area contributed by atoms with Gasteiger partial charge in [-0.25, -0.2) is 0 Å². The molecule has 1 saturated heterocycles. The maximum absolute atomic E-state index is 12.0. The minimum Gasteiger partial charge on any atom is -0.484 e. The van der Waals surface area contributed by atoms with Gasteiger partial charge in [0, 0.05) is 26.1 Å². The predicted octanol–water partition coefficient (Wildman–Crippen LogP) is 0.976. The Morgan fingerprint density at radius 3 is 3.05 bits per heavy atom. The highest BCUT2D eigenvalue weighted by Crippen LogP contribution is 2.13. The van der Waals surface area contributed by atoms with Gasteiger partial charge in [-0.2, -0.15) is 0 Å². The van der Waals surface area contributed by atoms with E-state index in [4.69, 9.17) is 4.74 Å². The van der Waals surface area contributed by atoms with Crippen LogP contribution in [0.25, 0.3) is 0 Å². The van der Waals surface area contributed by atoms with Crippen LogP contribution in [0.5, 0.6) is 5.75 Å². The maximum atomic E-state index is 12.0. The molecule has 1 N–H and O–H groups in total. The van der Waals surface area contributed by atoms with Crippen molar-refractivity contribution in [3.05, 3.63) is 29.8 Å². The summed E-state index contributed by atoms with van der Waals surface area (Å²) in [6.07, 6.45) is 1.29. The molecule has 108 valence electrons. The van der Waals surface area contributed by atoms with Crippen molar-refractivity contribution in [3.63, 3.8) is 0 Å². The fourth-order valence-electron chi connectivity index (χ4n) is 2.11. The number of benzene rings is 1. The quantitative estimate of drug-likeness (QED) is 0.891. The van der Waals surface area contributed by atoms with Gasteiger partial charge in [-0.15, -0.1) is 0 Å². The van der Waals surface area contributed by atoms with Crippen LogP contribution in [0.15, 0.2) is 24.3 Å². The van der Waals surface area contributed by atoms with Gasteiger partial charge in [0.05, 0.1) is 0 Å². The van der Waals surface area contributed by atoms with E-state index in [1.165, 1.54) is 5.56 Å². The van der Waals surface area contributed by atoms with E-state index in [2.05, 4.69) is 12.2 Å². The van der Waals surface area contributed by atoms with E-state index in [1.807, 2.05) is 24.3 Å². The number of ether oxygens (including phenoxy) is 1. The van der Waals surface area contributed by atoms with Crippen LogP contribution >= 0.6 is 0 Å². The largest absolute Gasteiger partial charge is 0.484 e. The number of hydrogen-bond donors (Lipinski definition) is 1. The monoisotopic (exact) mass is 276 g/mol. The fraction of sp³-hybridized carbons (Fsp3) is 0.467. The van der Waals surface area contributed by atoms with Crippen LogP contribution in [0, 0.1) is 0 Å². The second kappa shape index (κ2) is 6.93. The Balaban J connectivity index is 1.86. The molecule has 2 rings (SSSR count). The molecule has 0 radical (unpaired) electrons. The van der Waals surface area contributed by atoms with Crippen molar-refractivity contribution >= 4 is 11.8 Å². The summed E-state index contributed by atoms with van der Waals surface area (Å²) >= 11 is 0. The summed E-state index contributed by atoms with van der Waals surface area (Å²) in [6.45, 7) is 3.61. The minimum absolute atomic E-state index is 0.00290. The van der Waals surface area contributed by atoms with Crippen LogP contribution in [0.2, 0.25) is 0 Å². The standard InChI is InChI=1S/C15H20N2O3/c1-2-12-4-3-5-13(10-12)20-11-15(19)17-8-6-14(18)16-7-9-17/h3-5,10H,2,6-9,11H2,1H3,(H,16,18). The average Bonchev–Trinajstić information content (AvgIpc) is 2.70. The number of nitrogens with zero attached hydrogens (tertiary/aromatic N) is 1. The van der Waals surface area contributed by atoms with Crippen LogP contribution in [0.1, 0.15) is 18.9 Å². The van der Waals surface area contributed by atoms with Gasteiger partial charge in [0.2, 0.25) is 5.91 Å². The molecule has 0 spiro atoms. The van der Waals surface area contributed by atoms with E-state index < -0.39 is 0 Å². The van der Waals surface area contributed by atoms with Crippen molar-refractivity contribution in [3.8, 4) is 5.75 Å². The normalized spacial score (nSPS) is 15.4. The SMILES string of the molecule is CCc1cccc(OCC(=O)N2CCNC(=O)CC2)c1. The van der Waals surface area contributed by atoms with E-state index in [-0.39, 0.29) is 18.4 Å². The molecule has 1 aromatic rings. The number of rotatable bonds is 4. The Labute approximate surface area is 118 Å². The summed E-state index contributed by atoms with van der Waals surface area (Å²) in [4.78, 5) is 24.9. The molecule has 1 aliphatic rings. The van der Waals surface area contributed by atoms with E-state index in [1.54, 1.807) is 4.90 Å². The first-order valence-electron chi connectivity index (χ1n) is 6.95. The molecule has 0 saturated carbocycles. The minimum atomic E-state index is -0.0802. The Morgan fingerprint density at radius 1 is 1.40 bits per heavy atom. The highest BCUT2D eigenvalue weighted by molar-refractivity contribution is 5.80. The van der Waals surface area contributed by atoms with Crippen molar-refractivity contribution in [2.45, 2.75) is 19.8 Å². The van der Waals surface area contributed by atoms with Crippen molar-refractivity contribution in [2.75, 3.05) is 26.2 Å². The van der Waals surface area contributed by atoms with Crippen LogP contribution in [0.3, 0.4) is 0 Å². The molecule has 1 fully saturated rings. The molecule has 1 aliphatic heterocycles. The molecule has 5 nitrogen and oxygen atoms in total. The number of aryl methyl sites for hydroxylation is 1. The van der Waals surface area contributed by atoms with Gasteiger partial charge < -0.3 is 15.0 Å². The Hall–Kier alpha value is -2.04. The molecule has 2 amide bonds. The zero-order valence-corrected chi connectivity index (χ0v) is 11.7. The van der Waals surface area contributed by atoms with E-state index >= 15 is 0 Å². The van der Waals surface area contributed by atoms with Gasteiger partial charge >= 0.3 is 0 Å². The number of carbonyl (C=O) groups is 2. The van der Waals surface area contributed by atoms with Gasteiger partial charge in [-0.05, 0) is 24.1 Å². The topological polar surface area (TPSA) is 58.6 Å². The van der Waals surface area contributed by atoms with Crippen molar-refractivity contribution < 1.29 is 14.3 Å². The van der Waals surface area contributed by atoms with Gasteiger partial charge in [0.15, 0.2) is 6.61 Å². The lowest BCUT2D eigenvalue weighted by molar-refractivity contribution is -0.133. The Morgan fingerprint density at radius 2 is 2.25 bits per heavy atom. The molecule has 1 heterocycles. The lowest BCUT2D eigenvalue weighted by atomic mass is 10.2. The summed E-state index contributed by atoms with van der Waals surface area (Å²) in [5.41, 5.74) is 1.18. The van der Waals surface area contributed by atoms with E-state index in [9.17, 15) is 9.59 Å². The average molecular weight is 276 g/mol. The highest BCUT2D eigenvalue weighted by Gasteiger charge is 2.18. The molecule has 0 unspecified atom stereocenters. The number of carbonyl (C=O) groups excluding carboxylic acids is 2. The third kappa shape index (κ3) is 3.98. The lowest BCUT2D eigenvalue weighted by Crippen LogP contribution is -2.37. The lowest BCUT2D eigenvalue weighted by Gasteiger charge is -2.19. The molecular weight excluding hydrogens is 256 g/mol. The van der Waals surface area contributed by atoms with Crippen molar-refractivity contribution in [1.29, 1.82) is 0 Å². The summed E-state index contributed by atoms with van der Waals surface area (Å²) in [6, 6.07) is 7.74. The molecule has 1 aromatic carbocycles. The first-order valence-corrected chi connectivity index (χ1v) is 6.95. The van der Waals surface area contributed by atoms with Gasteiger partial charge in [0.1, 0.15) is 5.75 Å². The zero-order valence-electron chi connectivity index (χ0n) is 11.7. The van der Waals surface area contributed by atoms with Crippen molar-refractivity contribution in [1.82, 2.24) is 10.2 Å². The van der Waals surface area contributed by atoms with Crippen LogP contribution in [-0.4, -0.2) is 43.0 Å². The maximum Gasteiger partial charge on any atom is 0.260 e. The fourth-order valence-corrected chi connectivity index (χ4v) is 2.11. The molecule has 0 atom stereocenters. The number of amides is 2. The van der Waals surface area contributed by atoms with Crippen LogP contribution in [0.4, 0.5) is 0 Å². The van der Waals surface area contributed by atoms with E-state index in [0.717, 1.165) is 6.42 Å². The summed E-state index contributed by atoms with van der Waals surface area (Å²) in [5, 5.41) is 2.74. The first-order chi connectivity index (χ1) is 9.69.